The minimum Gasteiger partial charge on any atom is -0.378 e. The smallest absolute Gasteiger partial charge is 0.232 e. The molecule has 3 rings (SSSR count). The predicted octanol–water partition coefficient (Wildman–Crippen LogP) is 3.01. The number of nitrogen functional groups attached to an aromatic ring is 1. The zero-order chi connectivity index (χ0) is 18.5. The molecule has 10 heteroatoms. The maximum absolute atomic E-state index is 6.15. The summed E-state index contributed by atoms with van der Waals surface area (Å²) in [4.78, 5) is 14.9. The van der Waals surface area contributed by atoms with Gasteiger partial charge < -0.3 is 20.7 Å². The Labute approximate surface area is 166 Å². The first-order valence-corrected chi connectivity index (χ1v) is 9.82. The van der Waals surface area contributed by atoms with Gasteiger partial charge in [0.1, 0.15) is 10.1 Å². The molecule has 0 amide bonds. The third-order valence-electron chi connectivity index (χ3n) is 3.81. The molecule has 3 N–H and O–H groups in total. The lowest BCUT2D eigenvalue weighted by Gasteiger charge is -2.28. The summed E-state index contributed by atoms with van der Waals surface area (Å²) in [5.74, 6) is 1.64. The van der Waals surface area contributed by atoms with Gasteiger partial charge >= 0.3 is 0 Å². The highest BCUT2D eigenvalue weighted by atomic mass is 35.5. The summed E-state index contributed by atoms with van der Waals surface area (Å²) in [7, 11) is 0. The maximum atomic E-state index is 6.15. The average Bonchev–Trinajstić information content (AvgIpc) is 2.64. The van der Waals surface area contributed by atoms with Crippen molar-refractivity contribution in [3.8, 4) is 0 Å². The summed E-state index contributed by atoms with van der Waals surface area (Å²) in [5.41, 5.74) is 7.57. The SMILES string of the molecule is Cc1c(Cl)cccc1Nc1nc(N)nc(CSC(=S)N2CCOCC2)n1. The lowest BCUT2D eigenvalue weighted by atomic mass is 10.2. The van der Waals surface area contributed by atoms with E-state index in [1.807, 2.05) is 25.1 Å². The van der Waals surface area contributed by atoms with Gasteiger partial charge in [0, 0.05) is 23.8 Å². The van der Waals surface area contributed by atoms with Crippen LogP contribution in [0.5, 0.6) is 0 Å². The van der Waals surface area contributed by atoms with Crippen LogP contribution in [0.2, 0.25) is 5.02 Å². The third-order valence-corrected chi connectivity index (χ3v) is 5.74. The number of nitrogens with two attached hydrogens (primary N) is 1. The van der Waals surface area contributed by atoms with E-state index in [0.29, 0.717) is 35.8 Å². The quantitative estimate of drug-likeness (QED) is 0.738. The van der Waals surface area contributed by atoms with Gasteiger partial charge in [-0.2, -0.15) is 15.0 Å². The molecule has 2 aromatic rings. The Balaban J connectivity index is 1.67. The Morgan fingerprint density at radius 3 is 2.88 bits per heavy atom. The van der Waals surface area contributed by atoms with E-state index in [2.05, 4.69) is 25.2 Å². The van der Waals surface area contributed by atoms with Crippen LogP contribution in [0.15, 0.2) is 18.2 Å². The Kier molecular flexibility index (Phi) is 6.47. The highest BCUT2D eigenvalue weighted by Gasteiger charge is 2.15. The summed E-state index contributed by atoms with van der Waals surface area (Å²) < 4.78 is 6.15. The predicted molar refractivity (Wildman–Crippen MR) is 110 cm³/mol. The molecule has 0 aliphatic carbocycles. The molecule has 0 unspecified atom stereocenters. The number of halogens is 1. The van der Waals surface area contributed by atoms with Crippen molar-refractivity contribution in [1.29, 1.82) is 0 Å². The Hall–Kier alpha value is -1.68. The molecule has 0 bridgehead atoms. The van der Waals surface area contributed by atoms with Gasteiger partial charge in [0.05, 0.1) is 19.0 Å². The van der Waals surface area contributed by atoms with E-state index in [-0.39, 0.29) is 5.95 Å². The number of ether oxygens (including phenoxy) is 1. The van der Waals surface area contributed by atoms with Gasteiger partial charge in [-0.25, -0.2) is 0 Å². The van der Waals surface area contributed by atoms with Crippen molar-refractivity contribution in [3.05, 3.63) is 34.6 Å². The molecule has 1 fully saturated rings. The van der Waals surface area contributed by atoms with Gasteiger partial charge in [-0.1, -0.05) is 41.6 Å². The van der Waals surface area contributed by atoms with Crippen LogP contribution in [0.25, 0.3) is 0 Å². The van der Waals surface area contributed by atoms with E-state index in [4.69, 9.17) is 34.3 Å². The van der Waals surface area contributed by atoms with E-state index in [0.717, 1.165) is 28.7 Å². The highest BCUT2D eigenvalue weighted by Crippen LogP contribution is 2.25. The molecule has 0 radical (unpaired) electrons. The second-order valence-corrected chi connectivity index (χ2v) is 7.64. The summed E-state index contributed by atoms with van der Waals surface area (Å²) >= 11 is 13.1. The Morgan fingerprint density at radius 2 is 2.12 bits per heavy atom. The molecule has 0 spiro atoms. The van der Waals surface area contributed by atoms with E-state index in [1.165, 1.54) is 11.8 Å². The molecule has 1 aromatic carbocycles. The van der Waals surface area contributed by atoms with Crippen LogP contribution < -0.4 is 11.1 Å². The fourth-order valence-corrected chi connectivity index (χ4v) is 3.67. The molecule has 1 aromatic heterocycles. The number of anilines is 3. The first kappa shape index (κ1) is 19.1. The van der Waals surface area contributed by atoms with Gasteiger partial charge in [0.2, 0.25) is 11.9 Å². The van der Waals surface area contributed by atoms with E-state index < -0.39 is 0 Å². The second-order valence-electron chi connectivity index (χ2n) is 5.62. The molecule has 1 aliphatic heterocycles. The van der Waals surface area contributed by atoms with Crippen LogP contribution in [0.4, 0.5) is 17.6 Å². The fourth-order valence-electron chi connectivity index (χ4n) is 2.39. The second kappa shape index (κ2) is 8.81. The number of nitrogens with one attached hydrogen (secondary N) is 1. The van der Waals surface area contributed by atoms with Crippen LogP contribution in [-0.4, -0.2) is 50.5 Å². The van der Waals surface area contributed by atoms with Crippen LogP contribution in [-0.2, 0) is 10.5 Å². The number of nitrogens with zero attached hydrogens (tertiary/aromatic N) is 4. The highest BCUT2D eigenvalue weighted by molar-refractivity contribution is 8.22. The van der Waals surface area contributed by atoms with Crippen LogP contribution in [0, 0.1) is 6.92 Å². The lowest BCUT2D eigenvalue weighted by molar-refractivity contribution is 0.0702. The topological polar surface area (TPSA) is 89.2 Å². The first-order valence-electron chi connectivity index (χ1n) is 8.05. The number of aromatic nitrogens is 3. The van der Waals surface area contributed by atoms with Gasteiger partial charge in [0.15, 0.2) is 0 Å². The van der Waals surface area contributed by atoms with Crippen LogP contribution in [0.1, 0.15) is 11.4 Å². The van der Waals surface area contributed by atoms with Gasteiger partial charge in [-0.3, -0.25) is 0 Å². The fraction of sp³-hybridized carbons (Fsp3) is 0.375. The van der Waals surface area contributed by atoms with Crippen molar-refractivity contribution in [1.82, 2.24) is 19.9 Å². The van der Waals surface area contributed by atoms with Crippen molar-refractivity contribution >= 4 is 57.5 Å². The monoisotopic (exact) mass is 410 g/mol. The molecule has 1 aliphatic rings. The van der Waals surface area contributed by atoms with Crippen molar-refractivity contribution < 1.29 is 4.74 Å². The standard InChI is InChI=1S/C16H19ClN6OS2/c1-10-11(17)3-2-4-12(10)19-15-21-13(20-14(18)22-15)9-26-16(25)23-5-7-24-8-6-23/h2-4H,5-9H2,1H3,(H3,18,19,20,21,22). The molecular weight excluding hydrogens is 392 g/mol. The van der Waals surface area contributed by atoms with E-state index in [9.17, 15) is 0 Å². The summed E-state index contributed by atoms with van der Waals surface area (Å²) in [6.07, 6.45) is 0. The summed E-state index contributed by atoms with van der Waals surface area (Å²) in [6.45, 7) is 4.95. The van der Waals surface area contributed by atoms with E-state index >= 15 is 0 Å². The lowest BCUT2D eigenvalue weighted by Crippen LogP contribution is -2.38. The molecule has 0 atom stereocenters. The van der Waals surface area contributed by atoms with Crippen molar-refractivity contribution in [2.24, 2.45) is 0 Å². The van der Waals surface area contributed by atoms with Crippen LogP contribution >= 0.6 is 35.6 Å². The Bertz CT molecular complexity index is 800. The molecule has 7 nitrogen and oxygen atoms in total. The van der Waals surface area contributed by atoms with Gasteiger partial charge in [-0.15, -0.1) is 0 Å². The number of rotatable bonds is 4. The minimum absolute atomic E-state index is 0.162. The normalized spacial score (nSPS) is 14.3. The van der Waals surface area contributed by atoms with Gasteiger partial charge in [-0.05, 0) is 24.6 Å². The molecule has 26 heavy (non-hydrogen) atoms. The van der Waals surface area contributed by atoms with Crippen molar-refractivity contribution in [3.63, 3.8) is 0 Å². The van der Waals surface area contributed by atoms with Crippen molar-refractivity contribution in [2.75, 3.05) is 37.4 Å². The van der Waals surface area contributed by atoms with Gasteiger partial charge in [0.25, 0.3) is 0 Å². The first-order chi connectivity index (χ1) is 12.5. The maximum Gasteiger partial charge on any atom is 0.232 e. The number of hydrogen-bond acceptors (Lipinski definition) is 8. The molecule has 138 valence electrons. The minimum atomic E-state index is 0.162. The van der Waals surface area contributed by atoms with Crippen molar-refractivity contribution in [2.45, 2.75) is 12.7 Å². The average molecular weight is 411 g/mol. The zero-order valence-corrected chi connectivity index (χ0v) is 16.6. The molecule has 1 saturated heterocycles. The Morgan fingerprint density at radius 1 is 1.35 bits per heavy atom. The number of hydrogen-bond donors (Lipinski definition) is 2. The zero-order valence-electron chi connectivity index (χ0n) is 14.2. The molecule has 0 saturated carbocycles. The molecule has 2 heterocycles. The number of thiocarbonyl (C=S) groups is 1. The summed E-state index contributed by atoms with van der Waals surface area (Å²) in [6, 6.07) is 5.60. The van der Waals surface area contributed by atoms with Crippen LogP contribution in [0.3, 0.4) is 0 Å². The number of benzene rings is 1. The largest absolute Gasteiger partial charge is 0.378 e. The number of thioether (sulfide) groups is 1. The summed E-state index contributed by atoms with van der Waals surface area (Å²) in [5, 5.41) is 3.82. The number of morpholine rings is 1. The van der Waals surface area contributed by atoms with E-state index in [1.54, 1.807) is 0 Å². The third kappa shape index (κ3) is 4.94. The molecular formula is C16H19ClN6OS2.